The second kappa shape index (κ2) is 9.39. The van der Waals surface area contributed by atoms with Crippen molar-refractivity contribution < 1.29 is 0 Å². The Hall–Kier alpha value is -5.71. The minimum atomic E-state index is 0.899. The zero-order valence-corrected chi connectivity index (χ0v) is 24.8. The first kappa shape index (κ1) is 24.7. The van der Waals surface area contributed by atoms with Gasteiger partial charge in [0.25, 0.3) is 0 Å². The summed E-state index contributed by atoms with van der Waals surface area (Å²) in [6.07, 6.45) is 3.71. The van der Waals surface area contributed by atoms with Gasteiger partial charge in [-0.05, 0) is 40.6 Å². The molecule has 0 aliphatic rings. The normalized spacial score (nSPS) is 12.0. The van der Waals surface area contributed by atoms with Gasteiger partial charge in [-0.1, -0.05) is 103 Å². The van der Waals surface area contributed by atoms with E-state index in [1.165, 1.54) is 47.5 Å². The third-order valence-corrected chi connectivity index (χ3v) is 10.4. The summed E-state index contributed by atoms with van der Waals surface area (Å²) in [6.45, 7) is 0. The van der Waals surface area contributed by atoms with Crippen molar-refractivity contribution in [2.45, 2.75) is 0 Å². The fourth-order valence-electron chi connectivity index (χ4n) is 7.24. The van der Waals surface area contributed by atoms with Gasteiger partial charge in [-0.3, -0.25) is 9.97 Å². The van der Waals surface area contributed by atoms with E-state index >= 15 is 0 Å². The van der Waals surface area contributed by atoms with Gasteiger partial charge in [-0.15, -0.1) is 11.3 Å². The van der Waals surface area contributed by atoms with Gasteiger partial charge in [0.15, 0.2) is 0 Å². The van der Waals surface area contributed by atoms with Crippen LogP contribution in [0.3, 0.4) is 0 Å². The lowest BCUT2D eigenvalue weighted by molar-refractivity contribution is 1.38. The van der Waals surface area contributed by atoms with Crippen LogP contribution in [0, 0.1) is 0 Å². The summed E-state index contributed by atoms with van der Waals surface area (Å²) < 4.78 is 2.64. The zero-order chi connectivity index (χ0) is 29.5. The van der Waals surface area contributed by atoms with E-state index in [-0.39, 0.29) is 0 Å². The molecule has 10 aromatic rings. The summed E-state index contributed by atoms with van der Waals surface area (Å²) in [6, 6.07) is 45.6. The highest BCUT2D eigenvalue weighted by atomic mass is 32.1. The number of hydrogen-bond acceptors (Lipinski definition) is 4. The van der Waals surface area contributed by atoms with Crippen LogP contribution in [0.25, 0.3) is 96.8 Å². The molecule has 0 saturated carbocycles. The van der Waals surface area contributed by atoms with Crippen molar-refractivity contribution in [1.82, 2.24) is 15.0 Å². The van der Waals surface area contributed by atoms with Gasteiger partial charge in [0.2, 0.25) is 0 Å². The SMILES string of the molecule is c1ccc2c(c1)nc(-c1ccc(-c3cccc4c3sc3ccccc34)c3ccccc13)c1c3cccnc3c3ncccc3c21. The number of benzene rings is 6. The highest BCUT2D eigenvalue weighted by Gasteiger charge is 2.21. The van der Waals surface area contributed by atoms with E-state index in [4.69, 9.17) is 15.0 Å². The predicted molar refractivity (Wildman–Crippen MR) is 191 cm³/mol. The number of nitrogens with zero attached hydrogens (tertiary/aromatic N) is 3. The van der Waals surface area contributed by atoms with E-state index in [9.17, 15) is 0 Å². The standard InChI is InChI=1S/C41H23N3S/c1-2-11-25-24(10-1)26(29-14-7-15-30-27-12-4-6-19-35(27)45-41(29)30)20-21-28(25)38-37-33-17-9-23-43-40(33)39-32(16-8-22-42-39)36(37)31-13-3-5-18-34(31)44-38/h1-23H. The molecule has 0 bridgehead atoms. The Bertz CT molecular complexity index is 2830. The number of rotatable bonds is 2. The van der Waals surface area contributed by atoms with Crippen molar-refractivity contribution in [3.05, 3.63) is 140 Å². The van der Waals surface area contributed by atoms with Crippen molar-refractivity contribution in [1.29, 1.82) is 0 Å². The predicted octanol–water partition coefficient (Wildman–Crippen LogP) is 11.3. The lowest BCUT2D eigenvalue weighted by atomic mass is 9.89. The van der Waals surface area contributed by atoms with Gasteiger partial charge < -0.3 is 0 Å². The number of hydrogen-bond donors (Lipinski definition) is 0. The number of thiophene rings is 1. The van der Waals surface area contributed by atoms with Gasteiger partial charge in [0.05, 0.1) is 22.2 Å². The summed E-state index contributed by atoms with van der Waals surface area (Å²) in [5.74, 6) is 0. The zero-order valence-electron chi connectivity index (χ0n) is 24.0. The highest BCUT2D eigenvalue weighted by Crippen LogP contribution is 2.46. The van der Waals surface area contributed by atoms with E-state index in [2.05, 4.69) is 115 Å². The van der Waals surface area contributed by atoms with E-state index in [0.29, 0.717) is 0 Å². The Morgan fingerprint density at radius 2 is 1.00 bits per heavy atom. The molecule has 3 nitrogen and oxygen atoms in total. The molecule has 4 heterocycles. The first-order valence-corrected chi connectivity index (χ1v) is 15.9. The molecule has 0 aliphatic carbocycles. The fourth-order valence-corrected chi connectivity index (χ4v) is 8.47. The molecule has 10 rings (SSSR count). The third-order valence-electron chi connectivity index (χ3n) is 9.14. The monoisotopic (exact) mass is 589 g/mol. The maximum atomic E-state index is 5.42. The topological polar surface area (TPSA) is 38.7 Å². The molecule has 0 N–H and O–H groups in total. The van der Waals surface area contributed by atoms with Crippen molar-refractivity contribution in [3.8, 4) is 22.4 Å². The van der Waals surface area contributed by atoms with Crippen LogP contribution in [0.4, 0.5) is 0 Å². The molecule has 0 saturated heterocycles. The maximum Gasteiger partial charge on any atom is 0.0971 e. The molecular formula is C41H23N3S. The molecule has 6 aromatic carbocycles. The molecule has 4 aromatic heterocycles. The van der Waals surface area contributed by atoms with Crippen molar-refractivity contribution in [2.75, 3.05) is 0 Å². The first-order chi connectivity index (χ1) is 22.3. The first-order valence-electron chi connectivity index (χ1n) is 15.1. The average molecular weight is 590 g/mol. The van der Waals surface area contributed by atoms with Crippen LogP contribution in [-0.4, -0.2) is 15.0 Å². The summed E-state index contributed by atoms with van der Waals surface area (Å²) in [5, 5.41) is 10.6. The van der Waals surface area contributed by atoms with Crippen LogP contribution >= 0.6 is 11.3 Å². The van der Waals surface area contributed by atoms with Crippen molar-refractivity contribution in [3.63, 3.8) is 0 Å². The Balaban J connectivity index is 1.35. The number of fused-ring (bicyclic) bond motifs is 12. The largest absolute Gasteiger partial charge is 0.254 e. The Morgan fingerprint density at radius 1 is 0.400 bits per heavy atom. The molecule has 0 atom stereocenters. The molecule has 0 unspecified atom stereocenters. The van der Waals surface area contributed by atoms with Crippen LogP contribution in [0.1, 0.15) is 0 Å². The average Bonchev–Trinajstić information content (AvgIpc) is 3.50. The molecular weight excluding hydrogens is 567 g/mol. The number of pyridine rings is 3. The highest BCUT2D eigenvalue weighted by molar-refractivity contribution is 7.26. The van der Waals surface area contributed by atoms with Gasteiger partial charge in [0.1, 0.15) is 0 Å². The van der Waals surface area contributed by atoms with E-state index in [1.54, 1.807) is 0 Å². The van der Waals surface area contributed by atoms with Gasteiger partial charge in [-0.25, -0.2) is 4.98 Å². The minimum absolute atomic E-state index is 0.899. The van der Waals surface area contributed by atoms with E-state index in [1.807, 2.05) is 35.9 Å². The summed E-state index contributed by atoms with van der Waals surface area (Å²) >= 11 is 1.87. The van der Waals surface area contributed by atoms with Gasteiger partial charge in [0, 0.05) is 70.6 Å². The Labute approximate surface area is 262 Å². The van der Waals surface area contributed by atoms with E-state index < -0.39 is 0 Å². The molecule has 0 amide bonds. The van der Waals surface area contributed by atoms with Crippen LogP contribution in [0.2, 0.25) is 0 Å². The van der Waals surface area contributed by atoms with Gasteiger partial charge >= 0.3 is 0 Å². The Kier molecular flexibility index (Phi) is 5.16. The smallest absolute Gasteiger partial charge is 0.0971 e. The van der Waals surface area contributed by atoms with E-state index in [0.717, 1.165) is 49.4 Å². The second-order valence-corrected chi connectivity index (χ2v) is 12.6. The Morgan fingerprint density at radius 3 is 1.80 bits per heavy atom. The van der Waals surface area contributed by atoms with Crippen LogP contribution in [0.5, 0.6) is 0 Å². The summed E-state index contributed by atoms with van der Waals surface area (Å²) in [5.41, 5.74) is 7.36. The molecule has 0 spiro atoms. The number of para-hydroxylation sites is 1. The third kappa shape index (κ3) is 3.48. The van der Waals surface area contributed by atoms with Gasteiger partial charge in [-0.2, -0.15) is 0 Å². The summed E-state index contributed by atoms with van der Waals surface area (Å²) in [7, 11) is 0. The lowest BCUT2D eigenvalue weighted by Gasteiger charge is -2.17. The molecule has 0 radical (unpaired) electrons. The lowest BCUT2D eigenvalue weighted by Crippen LogP contribution is -1.95. The maximum absolute atomic E-state index is 5.42. The quantitative estimate of drug-likeness (QED) is 0.188. The van der Waals surface area contributed by atoms with Crippen molar-refractivity contribution >= 4 is 85.8 Å². The second-order valence-electron chi connectivity index (χ2n) is 11.5. The molecule has 208 valence electrons. The van der Waals surface area contributed by atoms with Crippen LogP contribution < -0.4 is 0 Å². The minimum Gasteiger partial charge on any atom is -0.254 e. The number of aromatic nitrogens is 3. The van der Waals surface area contributed by atoms with Crippen LogP contribution in [0.15, 0.2) is 140 Å². The summed E-state index contributed by atoms with van der Waals surface area (Å²) in [4.78, 5) is 15.1. The molecule has 0 aliphatic heterocycles. The molecule has 45 heavy (non-hydrogen) atoms. The van der Waals surface area contributed by atoms with Crippen molar-refractivity contribution in [2.24, 2.45) is 0 Å². The molecule has 0 fully saturated rings. The molecule has 4 heteroatoms. The van der Waals surface area contributed by atoms with Crippen LogP contribution in [-0.2, 0) is 0 Å². The fraction of sp³-hybridized carbons (Fsp3) is 0.